The highest BCUT2D eigenvalue weighted by molar-refractivity contribution is 6.30. The van der Waals surface area contributed by atoms with Crippen LogP contribution in [0.2, 0.25) is 5.02 Å². The van der Waals surface area contributed by atoms with E-state index in [1.807, 2.05) is 86.6 Å². The first-order valence-electron chi connectivity index (χ1n) is 10.9. The average Bonchev–Trinajstić information content (AvgIpc) is 2.81. The van der Waals surface area contributed by atoms with Crippen LogP contribution in [-0.4, -0.2) is 23.3 Å². The molecular weight excluding hydrogens is 420 g/mol. The molecular formula is C27H29ClN2O2. The van der Waals surface area contributed by atoms with Gasteiger partial charge < -0.3 is 10.2 Å². The zero-order valence-corrected chi connectivity index (χ0v) is 19.3. The summed E-state index contributed by atoms with van der Waals surface area (Å²) in [6.45, 7) is 4.52. The van der Waals surface area contributed by atoms with Gasteiger partial charge in [0.25, 0.3) is 0 Å². The normalized spacial score (nSPS) is 11.8. The Morgan fingerprint density at radius 3 is 2.03 bits per heavy atom. The predicted octanol–water partition coefficient (Wildman–Crippen LogP) is 5.42. The maximum absolute atomic E-state index is 13.4. The van der Waals surface area contributed by atoms with Gasteiger partial charge in [0.05, 0.1) is 0 Å². The average molecular weight is 449 g/mol. The van der Waals surface area contributed by atoms with Crippen molar-refractivity contribution < 1.29 is 9.59 Å². The lowest BCUT2D eigenvalue weighted by Gasteiger charge is -2.33. The summed E-state index contributed by atoms with van der Waals surface area (Å²) in [5, 5.41) is 3.68. The van der Waals surface area contributed by atoms with E-state index in [0.29, 0.717) is 18.1 Å². The van der Waals surface area contributed by atoms with Gasteiger partial charge >= 0.3 is 0 Å². The number of hydrogen-bond acceptors (Lipinski definition) is 2. The smallest absolute Gasteiger partial charge is 0.247 e. The first-order chi connectivity index (χ1) is 15.5. The van der Waals surface area contributed by atoms with Gasteiger partial charge in [0.2, 0.25) is 11.8 Å². The molecule has 0 saturated carbocycles. The lowest BCUT2D eigenvalue weighted by molar-refractivity contribution is -0.144. The van der Waals surface area contributed by atoms with Gasteiger partial charge in [-0.25, -0.2) is 0 Å². The van der Waals surface area contributed by atoms with Gasteiger partial charge in [0.15, 0.2) is 0 Å². The molecule has 5 heteroatoms. The van der Waals surface area contributed by atoms with Crippen molar-refractivity contribution in [2.75, 3.05) is 6.54 Å². The minimum atomic E-state index is -0.724. The Morgan fingerprint density at radius 2 is 1.44 bits per heavy atom. The largest absolute Gasteiger partial charge is 0.354 e. The maximum atomic E-state index is 13.4. The number of halogens is 1. The van der Waals surface area contributed by atoms with Crippen LogP contribution in [-0.2, 0) is 22.6 Å². The van der Waals surface area contributed by atoms with Crippen molar-refractivity contribution in [3.05, 3.63) is 107 Å². The van der Waals surface area contributed by atoms with E-state index in [1.165, 1.54) is 0 Å². The van der Waals surface area contributed by atoms with Crippen LogP contribution in [0.15, 0.2) is 84.9 Å². The molecule has 0 heterocycles. The third-order valence-corrected chi connectivity index (χ3v) is 5.53. The van der Waals surface area contributed by atoms with Crippen molar-refractivity contribution in [2.24, 2.45) is 5.92 Å². The van der Waals surface area contributed by atoms with Crippen molar-refractivity contribution in [2.45, 2.75) is 32.9 Å². The molecule has 0 fully saturated rings. The SMILES string of the molecule is CC(C)C(=O)N(Cc1ccc(Cl)cc1)C(C(=O)NCCc1ccccc1)c1ccccc1. The summed E-state index contributed by atoms with van der Waals surface area (Å²) < 4.78 is 0. The molecule has 1 N–H and O–H groups in total. The highest BCUT2D eigenvalue weighted by atomic mass is 35.5. The van der Waals surface area contributed by atoms with Crippen LogP contribution in [0, 0.1) is 5.92 Å². The minimum absolute atomic E-state index is 0.0768. The van der Waals surface area contributed by atoms with Gasteiger partial charge in [-0.05, 0) is 35.2 Å². The molecule has 0 aromatic heterocycles. The van der Waals surface area contributed by atoms with E-state index in [1.54, 1.807) is 17.0 Å². The second-order valence-corrected chi connectivity index (χ2v) is 8.52. The van der Waals surface area contributed by atoms with Crippen LogP contribution >= 0.6 is 11.6 Å². The fraction of sp³-hybridized carbons (Fsp3) is 0.259. The van der Waals surface area contributed by atoms with Crippen LogP contribution < -0.4 is 5.32 Å². The maximum Gasteiger partial charge on any atom is 0.247 e. The summed E-state index contributed by atoms with van der Waals surface area (Å²) in [7, 11) is 0. The second-order valence-electron chi connectivity index (χ2n) is 8.09. The summed E-state index contributed by atoms with van der Waals surface area (Å²) in [5.74, 6) is -0.507. The van der Waals surface area contributed by atoms with Gasteiger partial charge in [0.1, 0.15) is 6.04 Å². The minimum Gasteiger partial charge on any atom is -0.354 e. The highest BCUT2D eigenvalue weighted by Gasteiger charge is 2.32. The van der Waals surface area contributed by atoms with Crippen molar-refractivity contribution in [1.82, 2.24) is 10.2 Å². The molecule has 0 bridgehead atoms. The van der Waals surface area contributed by atoms with Crippen molar-refractivity contribution >= 4 is 23.4 Å². The van der Waals surface area contributed by atoms with E-state index >= 15 is 0 Å². The molecule has 0 aliphatic carbocycles. The summed E-state index contributed by atoms with van der Waals surface area (Å²) in [6, 6.07) is 26.1. The second kappa shape index (κ2) is 11.5. The third kappa shape index (κ3) is 6.44. The number of benzene rings is 3. The fourth-order valence-electron chi connectivity index (χ4n) is 3.59. The van der Waals surface area contributed by atoms with E-state index in [0.717, 1.165) is 23.1 Å². The number of amides is 2. The van der Waals surface area contributed by atoms with Crippen LogP contribution in [0.1, 0.15) is 36.6 Å². The Hall–Kier alpha value is -3.11. The van der Waals surface area contributed by atoms with Crippen LogP contribution in [0.25, 0.3) is 0 Å². The number of carbonyl (C=O) groups excluding carboxylic acids is 2. The Balaban J connectivity index is 1.86. The number of nitrogens with one attached hydrogen (secondary N) is 1. The number of carbonyl (C=O) groups is 2. The van der Waals surface area contributed by atoms with E-state index < -0.39 is 6.04 Å². The molecule has 3 aromatic rings. The van der Waals surface area contributed by atoms with Crippen molar-refractivity contribution in [1.29, 1.82) is 0 Å². The summed E-state index contributed by atoms with van der Waals surface area (Å²) >= 11 is 6.03. The van der Waals surface area contributed by atoms with E-state index in [9.17, 15) is 9.59 Å². The molecule has 4 nitrogen and oxygen atoms in total. The lowest BCUT2D eigenvalue weighted by atomic mass is 10.0. The third-order valence-electron chi connectivity index (χ3n) is 5.27. The molecule has 0 aliphatic heterocycles. The summed E-state index contributed by atoms with van der Waals surface area (Å²) in [5.41, 5.74) is 2.86. The Labute approximate surface area is 195 Å². The van der Waals surface area contributed by atoms with Crippen LogP contribution in [0.3, 0.4) is 0 Å². The molecule has 0 aliphatic rings. The van der Waals surface area contributed by atoms with E-state index in [2.05, 4.69) is 5.32 Å². The Kier molecular flexibility index (Phi) is 8.46. The van der Waals surface area contributed by atoms with E-state index in [-0.39, 0.29) is 17.7 Å². The first-order valence-corrected chi connectivity index (χ1v) is 11.2. The first kappa shape index (κ1) is 23.6. The highest BCUT2D eigenvalue weighted by Crippen LogP contribution is 2.26. The lowest BCUT2D eigenvalue weighted by Crippen LogP contribution is -2.45. The van der Waals surface area contributed by atoms with Crippen LogP contribution in [0.5, 0.6) is 0 Å². The predicted molar refractivity (Wildman–Crippen MR) is 129 cm³/mol. The van der Waals surface area contributed by atoms with Crippen LogP contribution in [0.4, 0.5) is 0 Å². The topological polar surface area (TPSA) is 49.4 Å². The zero-order chi connectivity index (χ0) is 22.9. The van der Waals surface area contributed by atoms with Gasteiger partial charge in [-0.3, -0.25) is 9.59 Å². The molecule has 1 atom stereocenters. The number of hydrogen-bond donors (Lipinski definition) is 1. The summed E-state index contributed by atoms with van der Waals surface area (Å²) in [6.07, 6.45) is 0.726. The molecule has 2 amide bonds. The molecule has 3 rings (SSSR count). The molecule has 32 heavy (non-hydrogen) atoms. The molecule has 3 aromatic carbocycles. The number of rotatable bonds is 9. The van der Waals surface area contributed by atoms with Crippen molar-refractivity contribution in [3.63, 3.8) is 0 Å². The molecule has 0 spiro atoms. The zero-order valence-electron chi connectivity index (χ0n) is 18.5. The molecule has 0 radical (unpaired) electrons. The standard InChI is InChI=1S/C27H29ClN2O2/c1-20(2)27(32)30(19-22-13-15-24(28)16-14-22)25(23-11-7-4-8-12-23)26(31)29-18-17-21-9-5-3-6-10-21/h3-16,20,25H,17-19H2,1-2H3,(H,29,31). The summed E-state index contributed by atoms with van der Waals surface area (Å²) in [4.78, 5) is 28.3. The Bertz CT molecular complexity index is 1000. The Morgan fingerprint density at radius 1 is 0.844 bits per heavy atom. The molecule has 0 saturated heterocycles. The van der Waals surface area contributed by atoms with E-state index in [4.69, 9.17) is 11.6 Å². The van der Waals surface area contributed by atoms with Crippen molar-refractivity contribution in [3.8, 4) is 0 Å². The van der Waals surface area contributed by atoms with Gasteiger partial charge in [0, 0.05) is 24.0 Å². The monoisotopic (exact) mass is 448 g/mol. The van der Waals surface area contributed by atoms with Gasteiger partial charge in [-0.1, -0.05) is 98.2 Å². The fourth-order valence-corrected chi connectivity index (χ4v) is 3.72. The quantitative estimate of drug-likeness (QED) is 0.474. The van der Waals surface area contributed by atoms with Gasteiger partial charge in [-0.15, -0.1) is 0 Å². The molecule has 166 valence electrons. The number of nitrogens with zero attached hydrogens (tertiary/aromatic N) is 1. The van der Waals surface area contributed by atoms with Gasteiger partial charge in [-0.2, -0.15) is 0 Å². The molecule has 1 unspecified atom stereocenters.